The Balaban J connectivity index is 2.01. The van der Waals surface area contributed by atoms with Crippen molar-refractivity contribution < 1.29 is 23.5 Å². The quantitative estimate of drug-likeness (QED) is 0.926. The van der Waals surface area contributed by atoms with Crippen molar-refractivity contribution in [1.82, 2.24) is 4.90 Å². The summed E-state index contributed by atoms with van der Waals surface area (Å²) in [6, 6.07) is 9.34. The number of rotatable bonds is 2. The van der Waals surface area contributed by atoms with Crippen molar-refractivity contribution in [3.8, 4) is 0 Å². The highest BCUT2D eigenvalue weighted by molar-refractivity contribution is 5.97. The van der Waals surface area contributed by atoms with Gasteiger partial charge in [0.25, 0.3) is 5.91 Å². The number of aliphatic carboxylic acids is 1. The van der Waals surface area contributed by atoms with E-state index in [9.17, 15) is 23.5 Å². The van der Waals surface area contributed by atoms with E-state index < -0.39 is 35.1 Å². The molecule has 0 spiro atoms. The fourth-order valence-electron chi connectivity index (χ4n) is 2.78. The van der Waals surface area contributed by atoms with Crippen LogP contribution in [-0.2, 0) is 17.8 Å². The van der Waals surface area contributed by atoms with E-state index in [0.717, 1.165) is 28.2 Å². The molecular weight excluding hydrogens is 304 g/mol. The van der Waals surface area contributed by atoms with Crippen LogP contribution in [0.1, 0.15) is 21.5 Å². The molecule has 0 saturated carbocycles. The number of fused-ring (bicyclic) bond motifs is 1. The van der Waals surface area contributed by atoms with E-state index in [4.69, 9.17) is 0 Å². The van der Waals surface area contributed by atoms with Crippen molar-refractivity contribution in [2.24, 2.45) is 0 Å². The monoisotopic (exact) mass is 317 g/mol. The minimum Gasteiger partial charge on any atom is -0.480 e. The van der Waals surface area contributed by atoms with E-state index in [0.29, 0.717) is 0 Å². The smallest absolute Gasteiger partial charge is 0.326 e. The summed E-state index contributed by atoms with van der Waals surface area (Å²) < 4.78 is 27.2. The maximum atomic E-state index is 13.9. The first-order valence-corrected chi connectivity index (χ1v) is 7.03. The first-order valence-electron chi connectivity index (χ1n) is 7.03. The Morgan fingerprint density at radius 2 is 1.74 bits per heavy atom. The van der Waals surface area contributed by atoms with Crippen LogP contribution >= 0.6 is 0 Å². The Morgan fingerprint density at radius 3 is 2.43 bits per heavy atom. The fraction of sp³-hybridized carbons (Fsp3) is 0.176. The molecule has 0 saturated heterocycles. The topological polar surface area (TPSA) is 57.6 Å². The van der Waals surface area contributed by atoms with Gasteiger partial charge in [-0.2, -0.15) is 0 Å². The Bertz CT molecular complexity index is 791. The highest BCUT2D eigenvalue weighted by atomic mass is 19.2. The zero-order valence-electron chi connectivity index (χ0n) is 12.0. The van der Waals surface area contributed by atoms with Crippen LogP contribution in [0.25, 0.3) is 0 Å². The summed E-state index contributed by atoms with van der Waals surface area (Å²) in [7, 11) is 0. The number of halogens is 2. The molecule has 1 amide bonds. The van der Waals surface area contributed by atoms with E-state index in [1.807, 2.05) is 0 Å². The van der Waals surface area contributed by atoms with Gasteiger partial charge in [0.2, 0.25) is 0 Å². The fourth-order valence-corrected chi connectivity index (χ4v) is 2.78. The number of carboxylic acid groups (broad SMARTS) is 1. The lowest BCUT2D eigenvalue weighted by Gasteiger charge is -2.34. The van der Waals surface area contributed by atoms with Crippen molar-refractivity contribution in [2.45, 2.75) is 19.0 Å². The summed E-state index contributed by atoms with van der Waals surface area (Å²) in [5, 5.41) is 9.39. The van der Waals surface area contributed by atoms with Gasteiger partial charge in [0, 0.05) is 13.0 Å². The van der Waals surface area contributed by atoms with Crippen LogP contribution in [0, 0.1) is 11.6 Å². The van der Waals surface area contributed by atoms with Crippen molar-refractivity contribution in [3.63, 3.8) is 0 Å². The Labute approximate surface area is 131 Å². The highest BCUT2D eigenvalue weighted by Crippen LogP contribution is 2.26. The second-order valence-electron chi connectivity index (χ2n) is 5.36. The average molecular weight is 317 g/mol. The van der Waals surface area contributed by atoms with Gasteiger partial charge in [-0.1, -0.05) is 30.3 Å². The van der Waals surface area contributed by atoms with E-state index >= 15 is 0 Å². The predicted octanol–water partition coefficient (Wildman–Crippen LogP) is 2.62. The molecule has 0 aromatic heterocycles. The van der Waals surface area contributed by atoms with Crippen LogP contribution in [0.5, 0.6) is 0 Å². The van der Waals surface area contributed by atoms with E-state index in [2.05, 4.69) is 0 Å². The summed E-state index contributed by atoms with van der Waals surface area (Å²) in [4.78, 5) is 25.1. The molecule has 0 radical (unpaired) electrons. The molecule has 1 aliphatic heterocycles. The van der Waals surface area contributed by atoms with E-state index in [-0.39, 0.29) is 13.0 Å². The van der Waals surface area contributed by atoms with E-state index in [1.165, 1.54) is 6.07 Å². The molecule has 4 nitrogen and oxygen atoms in total. The van der Waals surface area contributed by atoms with Crippen LogP contribution in [0.15, 0.2) is 42.5 Å². The zero-order chi connectivity index (χ0) is 16.6. The summed E-state index contributed by atoms with van der Waals surface area (Å²) in [6.45, 7) is 0.0436. The molecule has 2 aromatic carbocycles. The van der Waals surface area contributed by atoms with Crippen molar-refractivity contribution in [2.75, 3.05) is 0 Å². The third-order valence-corrected chi connectivity index (χ3v) is 3.98. The Kier molecular flexibility index (Phi) is 3.82. The Morgan fingerprint density at radius 1 is 1.04 bits per heavy atom. The molecule has 3 rings (SSSR count). The molecule has 1 N–H and O–H groups in total. The minimum atomic E-state index is -1.26. The van der Waals surface area contributed by atoms with Crippen LogP contribution in [-0.4, -0.2) is 27.9 Å². The third-order valence-electron chi connectivity index (χ3n) is 3.98. The van der Waals surface area contributed by atoms with Crippen molar-refractivity contribution >= 4 is 11.9 Å². The molecule has 1 atom stereocenters. The summed E-state index contributed by atoms with van der Waals surface area (Å²) in [6.07, 6.45) is 0.133. The average Bonchev–Trinajstić information content (AvgIpc) is 2.55. The number of hydrogen-bond acceptors (Lipinski definition) is 2. The first-order chi connectivity index (χ1) is 11.0. The minimum absolute atomic E-state index is 0.0436. The number of nitrogens with zero attached hydrogens (tertiary/aromatic N) is 1. The summed E-state index contributed by atoms with van der Waals surface area (Å²) >= 11 is 0. The standard InChI is InChI=1S/C17H13F2NO3/c18-13-7-3-6-12(15(13)19)16(21)20-9-11-5-2-1-4-10(11)8-14(20)17(22)23/h1-7,14H,8-9H2,(H,22,23)/t14-/m1/s1. The van der Waals surface area contributed by atoms with Crippen LogP contribution < -0.4 is 0 Å². The predicted molar refractivity (Wildman–Crippen MR) is 77.8 cm³/mol. The number of hydrogen-bond donors (Lipinski definition) is 1. The van der Waals surface area contributed by atoms with Crippen molar-refractivity contribution in [3.05, 3.63) is 70.8 Å². The molecule has 23 heavy (non-hydrogen) atoms. The van der Waals surface area contributed by atoms with Crippen LogP contribution in [0.4, 0.5) is 8.78 Å². The van der Waals surface area contributed by atoms with Crippen LogP contribution in [0.3, 0.4) is 0 Å². The maximum Gasteiger partial charge on any atom is 0.326 e. The molecule has 2 aromatic rings. The third kappa shape index (κ3) is 2.67. The van der Waals surface area contributed by atoms with Gasteiger partial charge in [0.15, 0.2) is 11.6 Å². The molecule has 0 fully saturated rings. The lowest BCUT2D eigenvalue weighted by Crippen LogP contribution is -2.48. The van der Waals surface area contributed by atoms with Gasteiger partial charge in [0.05, 0.1) is 5.56 Å². The molecule has 1 aliphatic rings. The first kappa shape index (κ1) is 15.1. The van der Waals surface area contributed by atoms with Gasteiger partial charge in [-0.05, 0) is 23.3 Å². The SMILES string of the molecule is O=C(O)[C@H]1Cc2ccccc2CN1C(=O)c1cccc(F)c1F. The van der Waals surface area contributed by atoms with Gasteiger partial charge in [0.1, 0.15) is 6.04 Å². The van der Waals surface area contributed by atoms with Gasteiger partial charge < -0.3 is 10.0 Å². The van der Waals surface area contributed by atoms with Crippen molar-refractivity contribution in [1.29, 1.82) is 0 Å². The second kappa shape index (κ2) is 5.79. The van der Waals surface area contributed by atoms with E-state index in [1.54, 1.807) is 24.3 Å². The summed E-state index contributed by atoms with van der Waals surface area (Å²) in [5.74, 6) is -4.41. The van der Waals surface area contributed by atoms with Crippen LogP contribution in [0.2, 0.25) is 0 Å². The maximum absolute atomic E-state index is 13.9. The second-order valence-corrected chi connectivity index (χ2v) is 5.36. The lowest BCUT2D eigenvalue weighted by atomic mass is 9.93. The number of carboxylic acids is 1. The normalized spacial score (nSPS) is 16.8. The molecule has 118 valence electrons. The zero-order valence-corrected chi connectivity index (χ0v) is 12.0. The number of carbonyl (C=O) groups is 2. The van der Waals surface area contributed by atoms with Gasteiger partial charge in [-0.3, -0.25) is 4.79 Å². The molecule has 1 heterocycles. The number of benzene rings is 2. The molecule has 6 heteroatoms. The molecular formula is C17H13F2NO3. The molecule has 0 aliphatic carbocycles. The van der Waals surface area contributed by atoms with Gasteiger partial charge in [-0.15, -0.1) is 0 Å². The molecule has 0 unspecified atom stereocenters. The number of amides is 1. The number of carbonyl (C=O) groups excluding carboxylic acids is 1. The Hall–Kier alpha value is -2.76. The summed E-state index contributed by atoms with van der Waals surface area (Å²) in [5.41, 5.74) is 1.18. The molecule has 0 bridgehead atoms. The van der Waals surface area contributed by atoms with Gasteiger partial charge in [-0.25, -0.2) is 13.6 Å². The van der Waals surface area contributed by atoms with Gasteiger partial charge >= 0.3 is 5.97 Å². The highest BCUT2D eigenvalue weighted by Gasteiger charge is 2.36. The lowest BCUT2D eigenvalue weighted by molar-refractivity contribution is -0.142. The largest absolute Gasteiger partial charge is 0.480 e.